The van der Waals surface area contributed by atoms with Crippen LogP contribution in [0.1, 0.15) is 16.7 Å². The van der Waals surface area contributed by atoms with Crippen LogP contribution in [0.4, 0.5) is 19.0 Å². The third-order valence-electron chi connectivity index (χ3n) is 4.59. The molecule has 156 valence electrons. The van der Waals surface area contributed by atoms with Gasteiger partial charge in [-0.1, -0.05) is 18.2 Å². The Balaban J connectivity index is 1.56. The summed E-state index contributed by atoms with van der Waals surface area (Å²) in [6.45, 7) is 3.84. The molecule has 1 saturated heterocycles. The van der Waals surface area contributed by atoms with Crippen LogP contribution < -0.4 is 15.5 Å². The van der Waals surface area contributed by atoms with Crippen molar-refractivity contribution in [3.05, 3.63) is 59.3 Å². The number of rotatable bonds is 5. The average molecular weight is 407 g/mol. The first-order chi connectivity index (χ1) is 14.0. The molecular weight excluding hydrogens is 383 g/mol. The molecule has 0 atom stereocenters. The van der Waals surface area contributed by atoms with Crippen LogP contribution in [0.3, 0.4) is 0 Å². The maximum Gasteiger partial charge on any atom is 0.416 e. The number of guanidine groups is 1. The number of morpholine rings is 1. The number of nitrogens with one attached hydrogen (secondary N) is 2. The molecule has 2 heterocycles. The van der Waals surface area contributed by atoms with Gasteiger partial charge in [-0.25, -0.2) is 4.98 Å². The van der Waals surface area contributed by atoms with E-state index in [1.807, 2.05) is 12.1 Å². The minimum Gasteiger partial charge on any atom is -0.378 e. The Labute approximate surface area is 167 Å². The summed E-state index contributed by atoms with van der Waals surface area (Å²) in [5.41, 5.74) is 1.11. The third-order valence-corrected chi connectivity index (χ3v) is 4.59. The molecule has 0 spiro atoms. The lowest BCUT2D eigenvalue weighted by molar-refractivity contribution is -0.137. The van der Waals surface area contributed by atoms with Gasteiger partial charge in [-0.2, -0.15) is 13.2 Å². The van der Waals surface area contributed by atoms with Gasteiger partial charge in [0, 0.05) is 45.0 Å². The molecule has 6 nitrogen and oxygen atoms in total. The molecule has 1 aromatic carbocycles. The first-order valence-electron chi connectivity index (χ1n) is 9.34. The van der Waals surface area contributed by atoms with Crippen molar-refractivity contribution >= 4 is 11.8 Å². The number of hydrogen-bond donors (Lipinski definition) is 2. The SMILES string of the molecule is CN=C(NCc1ccc(C(F)(F)F)cc1)NCc1cccnc1N1CCOCC1. The van der Waals surface area contributed by atoms with Gasteiger partial charge in [0.05, 0.1) is 18.8 Å². The Morgan fingerprint density at radius 1 is 1.10 bits per heavy atom. The van der Waals surface area contributed by atoms with E-state index in [4.69, 9.17) is 4.74 Å². The summed E-state index contributed by atoms with van der Waals surface area (Å²) < 4.78 is 43.4. The molecule has 0 saturated carbocycles. The Bertz CT molecular complexity index is 818. The average Bonchev–Trinajstić information content (AvgIpc) is 2.74. The highest BCUT2D eigenvalue weighted by Crippen LogP contribution is 2.29. The molecule has 2 aromatic rings. The molecular formula is C20H24F3N5O. The zero-order chi connectivity index (χ0) is 20.7. The first kappa shape index (κ1) is 20.9. The molecule has 2 N–H and O–H groups in total. The highest BCUT2D eigenvalue weighted by Gasteiger charge is 2.29. The predicted molar refractivity (Wildman–Crippen MR) is 106 cm³/mol. The normalized spacial score (nSPS) is 15.3. The van der Waals surface area contributed by atoms with E-state index in [1.165, 1.54) is 12.1 Å². The number of nitrogens with zero attached hydrogens (tertiary/aromatic N) is 3. The van der Waals surface area contributed by atoms with Crippen molar-refractivity contribution in [3.8, 4) is 0 Å². The fraction of sp³-hybridized carbons (Fsp3) is 0.400. The number of aromatic nitrogens is 1. The van der Waals surface area contributed by atoms with Gasteiger partial charge in [0.25, 0.3) is 0 Å². The highest BCUT2D eigenvalue weighted by atomic mass is 19.4. The second kappa shape index (κ2) is 9.60. The number of aliphatic imine (C=N–C) groups is 1. The molecule has 1 aliphatic heterocycles. The van der Waals surface area contributed by atoms with E-state index >= 15 is 0 Å². The van der Waals surface area contributed by atoms with Gasteiger partial charge in [0.2, 0.25) is 0 Å². The second-order valence-electron chi connectivity index (χ2n) is 6.56. The minimum absolute atomic E-state index is 0.362. The summed E-state index contributed by atoms with van der Waals surface area (Å²) in [6.07, 6.45) is -2.56. The fourth-order valence-electron chi connectivity index (χ4n) is 3.03. The number of hydrogen-bond acceptors (Lipinski definition) is 4. The number of halogens is 3. The quantitative estimate of drug-likeness (QED) is 0.590. The number of benzene rings is 1. The second-order valence-corrected chi connectivity index (χ2v) is 6.56. The number of pyridine rings is 1. The maximum atomic E-state index is 12.7. The summed E-state index contributed by atoms with van der Waals surface area (Å²) >= 11 is 0. The molecule has 29 heavy (non-hydrogen) atoms. The lowest BCUT2D eigenvalue weighted by atomic mass is 10.1. The summed E-state index contributed by atoms with van der Waals surface area (Å²) in [7, 11) is 1.65. The number of anilines is 1. The van der Waals surface area contributed by atoms with Gasteiger partial charge in [0.15, 0.2) is 5.96 Å². The van der Waals surface area contributed by atoms with Crippen molar-refractivity contribution in [2.75, 3.05) is 38.3 Å². The minimum atomic E-state index is -4.33. The smallest absolute Gasteiger partial charge is 0.378 e. The summed E-state index contributed by atoms with van der Waals surface area (Å²) in [5.74, 6) is 1.48. The molecule has 0 radical (unpaired) electrons. The fourth-order valence-corrected chi connectivity index (χ4v) is 3.03. The molecule has 1 fully saturated rings. The number of ether oxygens (including phenoxy) is 1. The molecule has 0 bridgehead atoms. The van der Waals surface area contributed by atoms with Crippen LogP contribution in [0.5, 0.6) is 0 Å². The third kappa shape index (κ3) is 5.83. The zero-order valence-electron chi connectivity index (χ0n) is 16.2. The number of alkyl halides is 3. The Morgan fingerprint density at radius 2 is 1.79 bits per heavy atom. The predicted octanol–water partition coefficient (Wildman–Crippen LogP) is 2.80. The summed E-state index contributed by atoms with van der Waals surface area (Å²) in [4.78, 5) is 10.9. The van der Waals surface area contributed by atoms with Crippen LogP contribution in [0, 0.1) is 0 Å². The topological polar surface area (TPSA) is 61.8 Å². The molecule has 0 amide bonds. The van der Waals surface area contributed by atoms with Gasteiger partial charge in [-0.15, -0.1) is 0 Å². The van der Waals surface area contributed by atoms with Gasteiger partial charge in [0.1, 0.15) is 5.82 Å². The Hall–Kier alpha value is -2.81. The van der Waals surface area contributed by atoms with Crippen molar-refractivity contribution in [1.82, 2.24) is 15.6 Å². The van der Waals surface area contributed by atoms with E-state index in [0.29, 0.717) is 32.3 Å². The van der Waals surface area contributed by atoms with Gasteiger partial charge in [-0.05, 0) is 23.8 Å². The van der Waals surface area contributed by atoms with Crippen molar-refractivity contribution in [3.63, 3.8) is 0 Å². The lowest BCUT2D eigenvalue weighted by Crippen LogP contribution is -2.39. The van der Waals surface area contributed by atoms with E-state index in [1.54, 1.807) is 13.2 Å². The zero-order valence-corrected chi connectivity index (χ0v) is 16.2. The molecule has 1 aromatic heterocycles. The Morgan fingerprint density at radius 3 is 2.45 bits per heavy atom. The standard InChI is InChI=1S/C20H24F3N5O/c1-24-19(26-13-15-4-6-17(7-5-15)20(21,22)23)27-14-16-3-2-8-25-18(16)28-9-11-29-12-10-28/h2-8H,9-14H2,1H3,(H2,24,26,27). The van der Waals surface area contributed by atoms with Crippen LogP contribution >= 0.6 is 0 Å². The van der Waals surface area contributed by atoms with Crippen LogP contribution in [0.15, 0.2) is 47.6 Å². The van der Waals surface area contributed by atoms with Crippen LogP contribution in [-0.2, 0) is 24.0 Å². The Kier molecular flexibility index (Phi) is 6.92. The molecule has 1 aliphatic rings. The van der Waals surface area contributed by atoms with Crippen LogP contribution in [0.25, 0.3) is 0 Å². The largest absolute Gasteiger partial charge is 0.416 e. The summed E-state index contributed by atoms with van der Waals surface area (Å²) in [6, 6.07) is 8.98. The summed E-state index contributed by atoms with van der Waals surface area (Å²) in [5, 5.41) is 6.35. The van der Waals surface area contributed by atoms with E-state index < -0.39 is 11.7 Å². The van der Waals surface area contributed by atoms with Crippen molar-refractivity contribution in [2.24, 2.45) is 4.99 Å². The molecule has 9 heteroatoms. The van der Waals surface area contributed by atoms with Gasteiger partial charge < -0.3 is 20.3 Å². The van der Waals surface area contributed by atoms with Crippen molar-refractivity contribution in [2.45, 2.75) is 19.3 Å². The van der Waals surface area contributed by atoms with E-state index in [9.17, 15) is 13.2 Å². The molecule has 0 aliphatic carbocycles. The van der Waals surface area contributed by atoms with Gasteiger partial charge in [-0.3, -0.25) is 4.99 Å². The first-order valence-corrected chi connectivity index (χ1v) is 9.34. The van der Waals surface area contributed by atoms with Crippen molar-refractivity contribution in [1.29, 1.82) is 0 Å². The van der Waals surface area contributed by atoms with Crippen LogP contribution in [-0.4, -0.2) is 44.3 Å². The maximum absolute atomic E-state index is 12.7. The lowest BCUT2D eigenvalue weighted by Gasteiger charge is -2.29. The van der Waals surface area contributed by atoms with E-state index in [2.05, 4.69) is 25.5 Å². The van der Waals surface area contributed by atoms with E-state index in [-0.39, 0.29) is 0 Å². The van der Waals surface area contributed by atoms with E-state index in [0.717, 1.165) is 42.2 Å². The monoisotopic (exact) mass is 407 g/mol. The molecule has 0 unspecified atom stereocenters. The highest BCUT2D eigenvalue weighted by molar-refractivity contribution is 5.79. The van der Waals surface area contributed by atoms with Gasteiger partial charge >= 0.3 is 6.18 Å². The van der Waals surface area contributed by atoms with Crippen molar-refractivity contribution < 1.29 is 17.9 Å². The van der Waals surface area contributed by atoms with Crippen LogP contribution in [0.2, 0.25) is 0 Å². The molecule has 3 rings (SSSR count).